The average Bonchev–Trinajstić information content (AvgIpc) is 3.08. The first-order chi connectivity index (χ1) is 9.05. The first-order valence-corrected chi connectivity index (χ1v) is 8.21. The Balaban J connectivity index is 2.15. The highest BCUT2D eigenvalue weighted by Gasteiger charge is 2.50. The summed E-state index contributed by atoms with van der Waals surface area (Å²) in [6.07, 6.45) is 1.22. The van der Waals surface area contributed by atoms with Crippen molar-refractivity contribution in [3.8, 4) is 0 Å². The van der Waals surface area contributed by atoms with Gasteiger partial charge in [0.2, 0.25) is 10.0 Å². The van der Waals surface area contributed by atoms with Crippen LogP contribution in [0.5, 0.6) is 0 Å². The van der Waals surface area contributed by atoms with E-state index in [2.05, 4.69) is 25.5 Å². The fraction of sp³-hybridized carbons (Fsp3) is 0.533. The summed E-state index contributed by atoms with van der Waals surface area (Å²) in [5.74, 6) is -0.557. The zero-order valence-electron chi connectivity index (χ0n) is 12.4. The SMILES string of the molecule is CC(C)(C)c1ccc(C(=O)NS(=O)(=O)C2(C)CC2)cc1. The van der Waals surface area contributed by atoms with Crippen LogP contribution in [-0.2, 0) is 15.4 Å². The molecular weight excluding hydrogens is 274 g/mol. The molecule has 110 valence electrons. The number of rotatable bonds is 3. The van der Waals surface area contributed by atoms with Crippen molar-refractivity contribution in [2.45, 2.75) is 50.7 Å². The van der Waals surface area contributed by atoms with Gasteiger partial charge in [-0.3, -0.25) is 4.79 Å². The van der Waals surface area contributed by atoms with E-state index in [1.807, 2.05) is 12.1 Å². The minimum atomic E-state index is -3.57. The molecule has 0 aliphatic heterocycles. The Bertz CT molecular complexity index is 620. The van der Waals surface area contributed by atoms with Crippen LogP contribution in [-0.4, -0.2) is 19.1 Å². The van der Waals surface area contributed by atoms with E-state index in [0.29, 0.717) is 18.4 Å². The normalized spacial score (nSPS) is 17.6. The molecule has 0 aromatic heterocycles. The third-order valence-electron chi connectivity index (χ3n) is 3.84. The largest absolute Gasteiger partial charge is 0.268 e. The molecule has 2 rings (SSSR count). The molecule has 4 nitrogen and oxygen atoms in total. The van der Waals surface area contributed by atoms with Gasteiger partial charge in [0.05, 0.1) is 4.75 Å². The summed E-state index contributed by atoms with van der Waals surface area (Å²) in [7, 11) is -3.57. The van der Waals surface area contributed by atoms with Gasteiger partial charge >= 0.3 is 0 Å². The molecule has 5 heteroatoms. The smallest absolute Gasteiger partial charge is 0.264 e. The standard InChI is InChI=1S/C15H21NO3S/c1-14(2,3)12-7-5-11(6-8-12)13(17)16-20(18,19)15(4)9-10-15/h5-8H,9-10H2,1-4H3,(H,16,17). The van der Waals surface area contributed by atoms with Crippen molar-refractivity contribution in [2.75, 3.05) is 0 Å². The van der Waals surface area contributed by atoms with E-state index < -0.39 is 20.7 Å². The van der Waals surface area contributed by atoms with Crippen molar-refractivity contribution in [1.29, 1.82) is 0 Å². The number of carbonyl (C=O) groups excluding carboxylic acids is 1. The predicted molar refractivity (Wildman–Crippen MR) is 79.2 cm³/mol. The lowest BCUT2D eigenvalue weighted by Crippen LogP contribution is -2.38. The van der Waals surface area contributed by atoms with Crippen LogP contribution in [0.2, 0.25) is 0 Å². The summed E-state index contributed by atoms with van der Waals surface area (Å²) in [5.41, 5.74) is 1.47. The second-order valence-electron chi connectivity index (χ2n) is 6.71. The second-order valence-corrected chi connectivity index (χ2v) is 8.91. The Morgan fingerprint density at radius 2 is 1.65 bits per heavy atom. The van der Waals surface area contributed by atoms with Crippen LogP contribution in [0.1, 0.15) is 56.5 Å². The van der Waals surface area contributed by atoms with Gasteiger partial charge in [0.15, 0.2) is 0 Å². The highest BCUT2D eigenvalue weighted by Crippen LogP contribution is 2.42. The molecule has 0 saturated heterocycles. The lowest BCUT2D eigenvalue weighted by molar-refractivity contribution is 0.0981. The van der Waals surface area contributed by atoms with Crippen molar-refractivity contribution in [1.82, 2.24) is 4.72 Å². The molecule has 20 heavy (non-hydrogen) atoms. The summed E-state index contributed by atoms with van der Waals surface area (Å²) in [5, 5.41) is 0. The van der Waals surface area contributed by atoms with Crippen molar-refractivity contribution in [3.63, 3.8) is 0 Å². The van der Waals surface area contributed by atoms with Gasteiger partial charge in [0.25, 0.3) is 5.91 Å². The number of hydrogen-bond acceptors (Lipinski definition) is 3. The lowest BCUT2D eigenvalue weighted by Gasteiger charge is -2.19. The molecule has 1 aliphatic rings. The number of sulfonamides is 1. The Labute approximate surface area is 120 Å². The number of hydrogen-bond donors (Lipinski definition) is 1. The quantitative estimate of drug-likeness (QED) is 0.932. The lowest BCUT2D eigenvalue weighted by atomic mass is 9.87. The topological polar surface area (TPSA) is 63.2 Å². The number of nitrogens with one attached hydrogen (secondary N) is 1. The van der Waals surface area contributed by atoms with Crippen LogP contribution in [0.15, 0.2) is 24.3 Å². The van der Waals surface area contributed by atoms with E-state index in [1.54, 1.807) is 19.1 Å². The van der Waals surface area contributed by atoms with Crippen molar-refractivity contribution in [3.05, 3.63) is 35.4 Å². The van der Waals surface area contributed by atoms with Gasteiger partial charge in [0.1, 0.15) is 0 Å². The maximum atomic E-state index is 12.0. The van der Waals surface area contributed by atoms with Crippen LogP contribution < -0.4 is 4.72 Å². The number of benzene rings is 1. The molecule has 1 saturated carbocycles. The molecule has 0 atom stereocenters. The van der Waals surface area contributed by atoms with E-state index in [1.165, 1.54) is 0 Å². The highest BCUT2D eigenvalue weighted by molar-refractivity contribution is 7.91. The zero-order valence-corrected chi connectivity index (χ0v) is 13.2. The van der Waals surface area contributed by atoms with Gasteiger partial charge in [-0.05, 0) is 42.9 Å². The minimum absolute atomic E-state index is 0.00255. The van der Waals surface area contributed by atoms with Gasteiger partial charge in [-0.2, -0.15) is 0 Å². The van der Waals surface area contributed by atoms with Crippen LogP contribution in [0, 0.1) is 0 Å². The van der Waals surface area contributed by atoms with Gasteiger partial charge in [-0.1, -0.05) is 32.9 Å². The third-order valence-corrected chi connectivity index (χ3v) is 6.00. The van der Waals surface area contributed by atoms with Crippen LogP contribution >= 0.6 is 0 Å². The molecule has 0 spiro atoms. The Morgan fingerprint density at radius 1 is 1.15 bits per heavy atom. The molecule has 1 aliphatic carbocycles. The molecule has 0 radical (unpaired) electrons. The fourth-order valence-electron chi connectivity index (χ4n) is 1.87. The summed E-state index contributed by atoms with van der Waals surface area (Å²) in [6.45, 7) is 7.91. The zero-order chi connectivity index (χ0) is 15.2. The van der Waals surface area contributed by atoms with Crippen molar-refractivity contribution >= 4 is 15.9 Å². The third kappa shape index (κ3) is 2.87. The summed E-state index contributed by atoms with van der Waals surface area (Å²) < 4.78 is 25.4. The Kier molecular flexibility index (Phi) is 3.45. The molecule has 1 fully saturated rings. The van der Waals surface area contributed by atoms with E-state index >= 15 is 0 Å². The summed E-state index contributed by atoms with van der Waals surface area (Å²) in [6, 6.07) is 7.06. The summed E-state index contributed by atoms with van der Waals surface area (Å²) in [4.78, 5) is 12.0. The summed E-state index contributed by atoms with van der Waals surface area (Å²) >= 11 is 0. The number of carbonyl (C=O) groups is 1. The van der Waals surface area contributed by atoms with E-state index in [4.69, 9.17) is 0 Å². The van der Waals surface area contributed by atoms with Gasteiger partial charge < -0.3 is 0 Å². The average molecular weight is 295 g/mol. The monoisotopic (exact) mass is 295 g/mol. The van der Waals surface area contributed by atoms with Crippen molar-refractivity contribution < 1.29 is 13.2 Å². The van der Waals surface area contributed by atoms with Gasteiger partial charge in [-0.25, -0.2) is 13.1 Å². The van der Waals surface area contributed by atoms with E-state index in [-0.39, 0.29) is 5.41 Å². The fourth-order valence-corrected chi connectivity index (χ4v) is 3.12. The molecule has 1 aromatic carbocycles. The predicted octanol–water partition coefficient (Wildman–Crippen LogP) is 2.60. The molecule has 0 heterocycles. The van der Waals surface area contributed by atoms with E-state index in [0.717, 1.165) is 5.56 Å². The number of amides is 1. The second kappa shape index (κ2) is 4.58. The first kappa shape index (κ1) is 15.0. The van der Waals surface area contributed by atoms with E-state index in [9.17, 15) is 13.2 Å². The van der Waals surface area contributed by atoms with Gasteiger partial charge in [-0.15, -0.1) is 0 Å². The molecule has 1 N–H and O–H groups in total. The molecule has 1 aromatic rings. The van der Waals surface area contributed by atoms with Crippen LogP contribution in [0.3, 0.4) is 0 Å². The molecule has 0 bridgehead atoms. The maximum Gasteiger partial charge on any atom is 0.264 e. The molecular formula is C15H21NO3S. The maximum absolute atomic E-state index is 12.0. The minimum Gasteiger partial charge on any atom is -0.268 e. The Morgan fingerprint density at radius 3 is 2.05 bits per heavy atom. The van der Waals surface area contributed by atoms with Crippen LogP contribution in [0.25, 0.3) is 0 Å². The van der Waals surface area contributed by atoms with Crippen molar-refractivity contribution in [2.24, 2.45) is 0 Å². The van der Waals surface area contributed by atoms with Gasteiger partial charge in [0, 0.05) is 5.56 Å². The Hall–Kier alpha value is -1.36. The first-order valence-electron chi connectivity index (χ1n) is 6.72. The molecule has 1 amide bonds. The highest BCUT2D eigenvalue weighted by atomic mass is 32.2. The molecule has 0 unspecified atom stereocenters. The van der Waals surface area contributed by atoms with Crippen LogP contribution in [0.4, 0.5) is 0 Å².